The first-order chi connectivity index (χ1) is 18.5. The van der Waals surface area contributed by atoms with Gasteiger partial charge in [-0.1, -0.05) is 79.7 Å². The van der Waals surface area contributed by atoms with E-state index in [2.05, 4.69) is 0 Å². The minimum absolute atomic E-state index is 0.0324. The Morgan fingerprint density at radius 3 is 0.846 bits per heavy atom. The van der Waals surface area contributed by atoms with Crippen LogP contribution in [-0.2, 0) is 9.13 Å². The van der Waals surface area contributed by atoms with E-state index in [1.807, 2.05) is 31.2 Å². The van der Waals surface area contributed by atoms with Gasteiger partial charge in [-0.3, -0.25) is 9.13 Å². The van der Waals surface area contributed by atoms with Gasteiger partial charge in [0.25, 0.3) is 14.7 Å². The van der Waals surface area contributed by atoms with Crippen LogP contribution in [0.1, 0.15) is 27.2 Å². The Kier molecular flexibility index (Phi) is 13.0. The van der Waals surface area contributed by atoms with E-state index in [-0.39, 0.29) is 5.92 Å². The van der Waals surface area contributed by atoms with Crippen LogP contribution in [0.3, 0.4) is 0 Å². The minimum atomic E-state index is -3.40. The molecule has 0 saturated heterocycles. The molecule has 0 aliphatic heterocycles. The van der Waals surface area contributed by atoms with Gasteiger partial charge in [-0.25, -0.2) is 0 Å². The van der Waals surface area contributed by atoms with E-state index in [0.717, 1.165) is 6.42 Å². The second-order valence-corrected chi connectivity index (χ2v) is 13.4. The molecule has 0 heterocycles. The number of aliphatic hydroxyl groups is 2. The summed E-state index contributed by atoms with van der Waals surface area (Å²) in [5, 5.41) is 19.9. The van der Waals surface area contributed by atoms with Gasteiger partial charge in [-0.2, -0.15) is 0 Å². The summed E-state index contributed by atoms with van der Waals surface area (Å²) in [4.78, 5) is 20.0. The normalized spacial score (nSPS) is 13.5. The maximum absolute atomic E-state index is 12.2. The molecule has 0 fully saturated rings. The molecule has 208 valence electrons. The van der Waals surface area contributed by atoms with Gasteiger partial charge in [0.05, 0.1) is 12.2 Å². The van der Waals surface area contributed by atoms with Crippen molar-refractivity contribution in [3.63, 3.8) is 0 Å². The highest BCUT2D eigenvalue weighted by Gasteiger charge is 2.23. The van der Waals surface area contributed by atoms with Gasteiger partial charge >= 0.3 is 0 Å². The van der Waals surface area contributed by atoms with Gasteiger partial charge in [0, 0.05) is 27.1 Å². The van der Waals surface area contributed by atoms with E-state index in [1.54, 1.807) is 111 Å². The molecule has 8 heteroatoms. The average molecular weight is 569 g/mol. The zero-order chi connectivity index (χ0) is 28.9. The monoisotopic (exact) mass is 568 g/mol. The molecule has 0 spiro atoms. The van der Waals surface area contributed by atoms with Gasteiger partial charge < -0.3 is 20.0 Å². The molecule has 0 aliphatic carbocycles. The van der Waals surface area contributed by atoms with Crippen molar-refractivity contribution in [3.05, 3.63) is 121 Å². The Hall–Kier alpha value is -2.82. The maximum Gasteiger partial charge on any atom is 0.258 e. The topological polar surface area (TPSA) is 115 Å². The zero-order valence-corrected chi connectivity index (χ0v) is 24.3. The summed E-state index contributed by atoms with van der Waals surface area (Å²) in [7, 11) is -6.79. The molecule has 0 aromatic heterocycles. The first kappa shape index (κ1) is 32.4. The van der Waals surface area contributed by atoms with Crippen LogP contribution in [-0.4, -0.2) is 32.2 Å². The van der Waals surface area contributed by atoms with Gasteiger partial charge in [-0.05, 0) is 68.8 Å². The smallest absolute Gasteiger partial charge is 0.258 e. The summed E-state index contributed by atoms with van der Waals surface area (Å²) in [6, 6.07) is 34.8. The summed E-state index contributed by atoms with van der Waals surface area (Å²) in [5.41, 5.74) is 0. The van der Waals surface area contributed by atoms with Crippen LogP contribution in [0.25, 0.3) is 0 Å². The summed E-state index contributed by atoms with van der Waals surface area (Å²) in [5.74, 6) is 0.0324. The van der Waals surface area contributed by atoms with Gasteiger partial charge in [0.1, 0.15) is 0 Å². The predicted molar refractivity (Wildman–Crippen MR) is 161 cm³/mol. The molecule has 4 aromatic carbocycles. The lowest BCUT2D eigenvalue weighted by atomic mass is 9.95. The Morgan fingerprint density at radius 1 is 0.513 bits per heavy atom. The predicted octanol–water partition coefficient (Wildman–Crippen LogP) is 4.59. The molecule has 0 saturated carbocycles. The number of benzene rings is 4. The van der Waals surface area contributed by atoms with Crippen molar-refractivity contribution in [3.8, 4) is 0 Å². The molecular weight excluding hydrogens is 530 g/mol. The Morgan fingerprint density at radius 2 is 0.718 bits per heavy atom. The van der Waals surface area contributed by atoms with Gasteiger partial charge in [0.15, 0.2) is 0 Å². The van der Waals surface area contributed by atoms with E-state index in [0.29, 0.717) is 21.2 Å². The molecule has 4 N–H and O–H groups in total. The van der Waals surface area contributed by atoms with Crippen molar-refractivity contribution in [2.75, 3.05) is 0 Å². The second-order valence-electron chi connectivity index (χ2n) is 9.05. The Labute approximate surface area is 231 Å². The van der Waals surface area contributed by atoms with Crippen molar-refractivity contribution in [1.29, 1.82) is 0 Å². The third-order valence-electron chi connectivity index (χ3n) is 6.14. The minimum Gasteiger partial charge on any atom is -0.393 e. The first-order valence-electron chi connectivity index (χ1n) is 12.8. The lowest BCUT2D eigenvalue weighted by Gasteiger charge is -2.20. The molecule has 2 atom stereocenters. The molecule has 6 nitrogen and oxygen atoms in total. The van der Waals surface area contributed by atoms with Gasteiger partial charge in [0.2, 0.25) is 0 Å². The number of hydrogen-bond donors (Lipinski definition) is 4. The lowest BCUT2D eigenvalue weighted by Crippen LogP contribution is -2.26. The Bertz CT molecular complexity index is 1120. The molecule has 2 unspecified atom stereocenters. The van der Waals surface area contributed by atoms with Crippen LogP contribution >= 0.6 is 14.7 Å². The zero-order valence-electron chi connectivity index (χ0n) is 22.5. The van der Waals surface area contributed by atoms with Crippen LogP contribution < -0.4 is 21.2 Å². The van der Waals surface area contributed by atoms with Crippen LogP contribution in [0, 0.1) is 5.92 Å². The summed E-state index contributed by atoms with van der Waals surface area (Å²) < 4.78 is 24.3. The van der Waals surface area contributed by atoms with Crippen molar-refractivity contribution < 1.29 is 29.1 Å². The summed E-state index contributed by atoms with van der Waals surface area (Å²) in [6.07, 6.45) is 0.0417. The molecular formula is C31H38O6P2. The molecule has 0 bridgehead atoms. The standard InChI is InChI=1S/2C12H11O2P.C7H16O2/c2*13-15(14,11-7-3-1-4-8-11)12-9-5-2-6-10-12;1-4-7(5(2)8)6(3)9/h2*1-10H,(H,13,14);5-9H,4H2,1-3H3. The first-order valence-corrected chi connectivity index (χ1v) is 16.1. The molecule has 0 aliphatic rings. The van der Waals surface area contributed by atoms with Crippen LogP contribution in [0.4, 0.5) is 0 Å². The molecule has 0 amide bonds. The lowest BCUT2D eigenvalue weighted by molar-refractivity contribution is 0.0299. The largest absolute Gasteiger partial charge is 0.393 e. The highest BCUT2D eigenvalue weighted by molar-refractivity contribution is 7.73. The molecule has 39 heavy (non-hydrogen) atoms. The number of aliphatic hydroxyl groups excluding tert-OH is 2. The highest BCUT2D eigenvalue weighted by Crippen LogP contribution is 2.38. The SMILES string of the molecule is CCC(C(C)O)C(C)O.O=P(O)(c1ccccc1)c1ccccc1.O=P(O)(c1ccccc1)c1ccccc1. The second kappa shape index (κ2) is 15.7. The van der Waals surface area contributed by atoms with Gasteiger partial charge in [-0.15, -0.1) is 0 Å². The molecule has 4 aromatic rings. The van der Waals surface area contributed by atoms with Crippen molar-refractivity contribution in [2.24, 2.45) is 5.92 Å². The number of rotatable bonds is 7. The van der Waals surface area contributed by atoms with Crippen molar-refractivity contribution in [2.45, 2.75) is 39.4 Å². The third-order valence-corrected chi connectivity index (χ3v) is 10.1. The van der Waals surface area contributed by atoms with Crippen LogP contribution in [0.15, 0.2) is 121 Å². The fourth-order valence-electron chi connectivity index (χ4n) is 3.90. The van der Waals surface area contributed by atoms with E-state index in [9.17, 15) is 18.9 Å². The fraction of sp³-hybridized carbons (Fsp3) is 0.226. The fourth-order valence-corrected chi connectivity index (χ4v) is 6.80. The third kappa shape index (κ3) is 9.70. The molecule has 4 rings (SSSR count). The van der Waals surface area contributed by atoms with Crippen LogP contribution in [0.5, 0.6) is 0 Å². The van der Waals surface area contributed by atoms with E-state index in [1.165, 1.54) is 0 Å². The van der Waals surface area contributed by atoms with E-state index >= 15 is 0 Å². The maximum atomic E-state index is 12.2. The van der Waals surface area contributed by atoms with Crippen LogP contribution in [0.2, 0.25) is 0 Å². The van der Waals surface area contributed by atoms with Crippen molar-refractivity contribution >= 4 is 36.0 Å². The van der Waals surface area contributed by atoms with E-state index < -0.39 is 26.9 Å². The summed E-state index contributed by atoms with van der Waals surface area (Å²) >= 11 is 0. The Balaban J connectivity index is 0.000000213. The average Bonchev–Trinajstić information content (AvgIpc) is 2.95. The van der Waals surface area contributed by atoms with Crippen molar-refractivity contribution in [1.82, 2.24) is 0 Å². The number of hydrogen-bond acceptors (Lipinski definition) is 4. The molecule has 0 radical (unpaired) electrons. The van der Waals surface area contributed by atoms with E-state index in [4.69, 9.17) is 10.2 Å². The quantitative estimate of drug-likeness (QED) is 0.243. The highest BCUT2D eigenvalue weighted by atomic mass is 31.2. The summed E-state index contributed by atoms with van der Waals surface area (Å²) in [6.45, 7) is 5.38.